The number of amides is 2. The normalized spacial score (nSPS) is 19.2. The Kier molecular flexibility index (Phi) is 8.54. The van der Waals surface area contributed by atoms with E-state index in [4.69, 9.17) is 15.2 Å². The van der Waals surface area contributed by atoms with E-state index in [1.165, 1.54) is 22.0 Å². The van der Waals surface area contributed by atoms with Crippen molar-refractivity contribution in [2.75, 3.05) is 18.3 Å². The van der Waals surface area contributed by atoms with Crippen LogP contribution in [-0.2, 0) is 28.7 Å². The van der Waals surface area contributed by atoms with E-state index in [-0.39, 0.29) is 16.5 Å². The van der Waals surface area contributed by atoms with E-state index in [1.807, 2.05) is 6.07 Å². The van der Waals surface area contributed by atoms with Gasteiger partial charge in [-0.1, -0.05) is 23.4 Å². The van der Waals surface area contributed by atoms with Gasteiger partial charge in [-0.2, -0.15) is 0 Å². The molecular formula is C25H26N6O7S2. The summed E-state index contributed by atoms with van der Waals surface area (Å²) in [6.45, 7) is 4.35. The highest BCUT2D eigenvalue weighted by Gasteiger charge is 2.54. The highest BCUT2D eigenvalue weighted by molar-refractivity contribution is 8.00. The van der Waals surface area contributed by atoms with Crippen molar-refractivity contribution in [3.8, 4) is 0 Å². The van der Waals surface area contributed by atoms with E-state index < -0.39 is 53.1 Å². The third-order valence-corrected chi connectivity index (χ3v) is 7.69. The van der Waals surface area contributed by atoms with Crippen LogP contribution in [0.4, 0.5) is 5.13 Å². The number of esters is 2. The summed E-state index contributed by atoms with van der Waals surface area (Å²) in [4.78, 5) is 60.5. The molecule has 13 nitrogen and oxygen atoms in total. The Bertz CT molecular complexity index is 1410. The standard InChI is InChI=1S/C25H26N6O7S2/c1-25(2,3)23(35)38-12-37-22(34)18-14(7-6-13-5-4-8-27-9-13)10-39-21-17(20(33)31(18)21)29-19(32)16(30-36)15-11-40-24(26)28-15/h4-9,11,17,21,36H,10,12H2,1-3H3,(H2,26,28)(H,29,32)/b7-6+,30-16?/t17-,21-/m1/s1. The van der Waals surface area contributed by atoms with Gasteiger partial charge >= 0.3 is 11.9 Å². The minimum absolute atomic E-state index is 0.0329. The van der Waals surface area contributed by atoms with Crippen molar-refractivity contribution >= 4 is 63.8 Å². The second kappa shape index (κ2) is 11.9. The van der Waals surface area contributed by atoms with E-state index in [2.05, 4.69) is 20.4 Å². The summed E-state index contributed by atoms with van der Waals surface area (Å²) in [6.07, 6.45) is 6.68. The molecule has 4 heterocycles. The van der Waals surface area contributed by atoms with Crippen molar-refractivity contribution in [3.63, 3.8) is 0 Å². The van der Waals surface area contributed by atoms with Crippen LogP contribution in [0.2, 0.25) is 0 Å². The zero-order chi connectivity index (χ0) is 29.0. The Morgan fingerprint density at radius 2 is 2.08 bits per heavy atom. The molecule has 15 heteroatoms. The van der Waals surface area contributed by atoms with Crippen LogP contribution < -0.4 is 11.1 Å². The molecule has 2 aliphatic heterocycles. The molecule has 1 fully saturated rings. The molecule has 0 bridgehead atoms. The molecule has 2 aromatic heterocycles. The van der Waals surface area contributed by atoms with Gasteiger partial charge in [0.05, 0.1) is 5.41 Å². The first-order chi connectivity index (χ1) is 19.0. The summed E-state index contributed by atoms with van der Waals surface area (Å²) >= 11 is 2.37. The number of aromatic nitrogens is 2. The summed E-state index contributed by atoms with van der Waals surface area (Å²) in [5.41, 5.74) is 5.68. The number of thioether (sulfide) groups is 1. The number of pyridine rings is 1. The number of carbonyl (C=O) groups is 4. The number of ether oxygens (including phenoxy) is 2. The quantitative estimate of drug-likeness (QED) is 0.102. The third kappa shape index (κ3) is 6.15. The lowest BCUT2D eigenvalue weighted by atomic mass is 9.98. The Morgan fingerprint density at radius 3 is 2.70 bits per heavy atom. The van der Waals surface area contributed by atoms with Crippen molar-refractivity contribution in [1.29, 1.82) is 0 Å². The molecular weight excluding hydrogens is 560 g/mol. The van der Waals surface area contributed by atoms with Crippen LogP contribution in [0.15, 0.2) is 52.4 Å². The van der Waals surface area contributed by atoms with Gasteiger partial charge in [-0.3, -0.25) is 24.3 Å². The van der Waals surface area contributed by atoms with Crippen LogP contribution in [0.1, 0.15) is 32.0 Å². The highest BCUT2D eigenvalue weighted by Crippen LogP contribution is 2.41. The summed E-state index contributed by atoms with van der Waals surface area (Å²) < 4.78 is 10.3. The van der Waals surface area contributed by atoms with E-state index in [0.29, 0.717) is 11.3 Å². The van der Waals surface area contributed by atoms with Crippen molar-refractivity contribution < 1.29 is 33.9 Å². The molecule has 2 aromatic rings. The topological polar surface area (TPSA) is 186 Å². The van der Waals surface area contributed by atoms with Crippen LogP contribution in [0.5, 0.6) is 0 Å². The minimum atomic E-state index is -1.02. The maximum Gasteiger partial charge on any atom is 0.358 e. The van der Waals surface area contributed by atoms with Gasteiger partial charge in [0.2, 0.25) is 6.79 Å². The molecule has 2 amide bonds. The average Bonchev–Trinajstić information content (AvgIpc) is 3.35. The number of nitrogen functional groups attached to an aromatic ring is 1. The molecule has 0 unspecified atom stereocenters. The predicted octanol–water partition coefficient (Wildman–Crippen LogP) is 1.76. The smallest absolute Gasteiger partial charge is 0.358 e. The second-order valence-corrected chi connectivity index (χ2v) is 11.6. The number of hydrogen-bond donors (Lipinski definition) is 3. The Labute approximate surface area is 237 Å². The molecule has 4 rings (SSSR count). The molecule has 0 aromatic carbocycles. The number of allylic oxidation sites excluding steroid dienone is 1. The average molecular weight is 587 g/mol. The van der Waals surface area contributed by atoms with E-state index in [9.17, 15) is 24.4 Å². The number of oxime groups is 1. The molecule has 2 aliphatic rings. The number of nitrogens with one attached hydrogen (secondary N) is 1. The molecule has 40 heavy (non-hydrogen) atoms. The molecule has 1 saturated heterocycles. The van der Waals surface area contributed by atoms with E-state index in [0.717, 1.165) is 16.9 Å². The second-order valence-electron chi connectivity index (χ2n) is 9.61. The van der Waals surface area contributed by atoms with Gasteiger partial charge in [0, 0.05) is 23.5 Å². The first kappa shape index (κ1) is 28.8. The maximum absolute atomic E-state index is 13.2. The molecule has 2 atom stereocenters. The monoisotopic (exact) mass is 586 g/mol. The van der Waals surface area contributed by atoms with Crippen molar-refractivity contribution in [1.82, 2.24) is 20.2 Å². The summed E-state index contributed by atoms with van der Waals surface area (Å²) in [5.74, 6) is -2.55. The number of hydrogen-bond acceptors (Lipinski definition) is 13. The highest BCUT2D eigenvalue weighted by atomic mass is 32.2. The third-order valence-electron chi connectivity index (χ3n) is 5.71. The lowest BCUT2D eigenvalue weighted by molar-refractivity contribution is -0.173. The van der Waals surface area contributed by atoms with Gasteiger partial charge in [0.1, 0.15) is 22.8 Å². The number of nitrogens with zero attached hydrogens (tertiary/aromatic N) is 4. The molecule has 0 spiro atoms. The number of β-lactam (4-membered cyclic amide) rings is 1. The number of carbonyl (C=O) groups excluding carboxylic acids is 4. The van der Waals surface area contributed by atoms with Crippen LogP contribution in [0, 0.1) is 5.41 Å². The number of fused-ring (bicyclic) bond motifs is 1. The summed E-state index contributed by atoms with van der Waals surface area (Å²) in [7, 11) is 0. The van der Waals surface area contributed by atoms with Gasteiger partial charge in [0.15, 0.2) is 10.8 Å². The fraction of sp³-hybridized carbons (Fsp3) is 0.320. The van der Waals surface area contributed by atoms with Crippen LogP contribution in [-0.4, -0.2) is 73.5 Å². The Morgan fingerprint density at radius 1 is 1.30 bits per heavy atom. The maximum atomic E-state index is 13.2. The Balaban J connectivity index is 1.54. The number of nitrogens with two attached hydrogens (primary N) is 1. The zero-order valence-electron chi connectivity index (χ0n) is 21.7. The van der Waals surface area contributed by atoms with E-state index >= 15 is 0 Å². The Hall–Kier alpha value is -4.24. The number of rotatable bonds is 8. The van der Waals surface area contributed by atoms with Crippen molar-refractivity contribution in [3.05, 3.63) is 58.5 Å². The van der Waals surface area contributed by atoms with Gasteiger partial charge < -0.3 is 25.7 Å². The molecule has 0 saturated carbocycles. The molecule has 0 aliphatic carbocycles. The minimum Gasteiger partial charge on any atom is -0.427 e. The fourth-order valence-corrected chi connectivity index (χ4v) is 5.54. The van der Waals surface area contributed by atoms with Crippen LogP contribution >= 0.6 is 23.1 Å². The number of anilines is 1. The van der Waals surface area contributed by atoms with Gasteiger partial charge in [0.25, 0.3) is 11.8 Å². The first-order valence-corrected chi connectivity index (χ1v) is 13.8. The molecule has 0 radical (unpaired) electrons. The number of thiazole rings is 1. The van der Waals surface area contributed by atoms with E-state index in [1.54, 1.807) is 51.4 Å². The van der Waals surface area contributed by atoms with Crippen LogP contribution in [0.3, 0.4) is 0 Å². The van der Waals surface area contributed by atoms with Crippen LogP contribution in [0.25, 0.3) is 6.08 Å². The SMILES string of the molecule is CC(C)(C)C(=O)OCOC(=O)C1=C(/C=C/c2cccnc2)CS[C@@H]2[C@H](NC(=O)C(=NO)c3csc(N)n3)C(=O)N12. The van der Waals surface area contributed by atoms with Gasteiger partial charge in [-0.25, -0.2) is 9.78 Å². The van der Waals surface area contributed by atoms with Crippen molar-refractivity contribution in [2.45, 2.75) is 32.2 Å². The van der Waals surface area contributed by atoms with Gasteiger partial charge in [-0.05, 0) is 38.0 Å². The summed E-state index contributed by atoms with van der Waals surface area (Å²) in [5, 5.41) is 15.9. The first-order valence-electron chi connectivity index (χ1n) is 11.9. The molecule has 210 valence electrons. The zero-order valence-corrected chi connectivity index (χ0v) is 23.3. The fourth-order valence-electron chi connectivity index (χ4n) is 3.67. The lowest BCUT2D eigenvalue weighted by Crippen LogP contribution is -2.71. The molecule has 4 N–H and O–H groups in total. The summed E-state index contributed by atoms with van der Waals surface area (Å²) in [6, 6.07) is 2.56. The largest absolute Gasteiger partial charge is 0.427 e. The van der Waals surface area contributed by atoms with Gasteiger partial charge in [-0.15, -0.1) is 23.1 Å². The predicted molar refractivity (Wildman–Crippen MR) is 147 cm³/mol. The van der Waals surface area contributed by atoms with Crippen molar-refractivity contribution in [2.24, 2.45) is 10.6 Å². The lowest BCUT2D eigenvalue weighted by Gasteiger charge is -2.49.